The van der Waals surface area contributed by atoms with E-state index in [1.165, 1.54) is 6.07 Å². The first-order chi connectivity index (χ1) is 13.6. The molecule has 4 heteroatoms. The molecule has 0 atom stereocenters. The molecule has 3 aromatic carbocycles. The number of aryl methyl sites for hydroxylation is 4. The molecule has 0 radical (unpaired) electrons. The number of methoxy groups -OCH3 is 2. The number of benzene rings is 3. The van der Waals surface area contributed by atoms with Crippen molar-refractivity contribution in [2.75, 3.05) is 14.2 Å². The number of phenolic OH excluding ortho intramolecular Hbond substituents is 2. The van der Waals surface area contributed by atoms with Gasteiger partial charge in [0.1, 0.15) is 23.0 Å². The summed E-state index contributed by atoms with van der Waals surface area (Å²) >= 11 is 0. The Bertz CT molecular complexity index is 861. The van der Waals surface area contributed by atoms with Gasteiger partial charge in [0.2, 0.25) is 0 Å². The Morgan fingerprint density at radius 3 is 1.50 bits per heavy atom. The highest BCUT2D eigenvalue weighted by atomic mass is 16.5. The van der Waals surface area contributed by atoms with Gasteiger partial charge >= 0.3 is 0 Å². The normalized spacial score (nSPS) is 10.6. The van der Waals surface area contributed by atoms with E-state index in [4.69, 9.17) is 9.47 Å². The lowest BCUT2D eigenvalue weighted by Gasteiger charge is -2.11. The molecule has 0 bridgehead atoms. The minimum absolute atomic E-state index is 0.130. The molecule has 2 N–H and O–H groups in total. The average molecular weight is 378 g/mol. The second-order valence-electron chi connectivity index (χ2n) is 6.81. The van der Waals surface area contributed by atoms with Gasteiger partial charge < -0.3 is 19.7 Å². The zero-order valence-electron chi connectivity index (χ0n) is 16.3. The van der Waals surface area contributed by atoms with Crippen LogP contribution in [0.1, 0.15) is 22.3 Å². The fourth-order valence-electron chi connectivity index (χ4n) is 3.29. The van der Waals surface area contributed by atoms with Crippen LogP contribution in [-0.2, 0) is 25.7 Å². The van der Waals surface area contributed by atoms with Gasteiger partial charge in [-0.25, -0.2) is 0 Å². The quantitative estimate of drug-likeness (QED) is 0.597. The topological polar surface area (TPSA) is 58.9 Å². The van der Waals surface area contributed by atoms with Crippen LogP contribution in [0.15, 0.2) is 60.7 Å². The Morgan fingerprint density at radius 1 is 0.607 bits per heavy atom. The molecule has 3 rings (SSSR count). The molecule has 0 heterocycles. The van der Waals surface area contributed by atoms with Crippen LogP contribution in [0.3, 0.4) is 0 Å². The first kappa shape index (κ1) is 19.6. The van der Waals surface area contributed by atoms with Crippen molar-refractivity contribution < 1.29 is 19.7 Å². The number of aromatic hydroxyl groups is 2. The van der Waals surface area contributed by atoms with Crippen LogP contribution in [-0.4, -0.2) is 24.4 Å². The molecule has 0 aliphatic carbocycles. The number of rotatable bonds is 8. The summed E-state index contributed by atoms with van der Waals surface area (Å²) in [6.07, 6.45) is 2.94. The minimum Gasteiger partial charge on any atom is -0.508 e. The van der Waals surface area contributed by atoms with Gasteiger partial charge in [-0.1, -0.05) is 24.3 Å². The number of ether oxygens (including phenoxy) is 2. The summed E-state index contributed by atoms with van der Waals surface area (Å²) in [5, 5.41) is 20.5. The third-order valence-corrected chi connectivity index (χ3v) is 4.91. The van der Waals surface area contributed by atoms with Gasteiger partial charge in [0.05, 0.1) is 14.2 Å². The van der Waals surface area contributed by atoms with E-state index in [2.05, 4.69) is 0 Å². The highest BCUT2D eigenvalue weighted by Gasteiger charge is 2.10. The lowest BCUT2D eigenvalue weighted by molar-refractivity contribution is 0.414. The number of hydrogen-bond donors (Lipinski definition) is 2. The fraction of sp³-hybridized carbons (Fsp3) is 0.250. The van der Waals surface area contributed by atoms with Gasteiger partial charge in [-0.2, -0.15) is 0 Å². The lowest BCUT2D eigenvalue weighted by atomic mass is 9.97. The monoisotopic (exact) mass is 378 g/mol. The second kappa shape index (κ2) is 9.18. The van der Waals surface area contributed by atoms with Gasteiger partial charge in [-0.3, -0.25) is 0 Å². The Hall–Kier alpha value is -3.14. The van der Waals surface area contributed by atoms with Gasteiger partial charge in [0.25, 0.3) is 0 Å². The largest absolute Gasteiger partial charge is 0.508 e. The molecule has 3 aromatic rings. The van der Waals surface area contributed by atoms with Crippen molar-refractivity contribution in [1.82, 2.24) is 0 Å². The molecule has 146 valence electrons. The van der Waals surface area contributed by atoms with E-state index in [1.807, 2.05) is 54.6 Å². The Morgan fingerprint density at radius 2 is 1.07 bits per heavy atom. The highest BCUT2D eigenvalue weighted by molar-refractivity contribution is 5.46. The molecule has 0 amide bonds. The number of hydrogen-bond acceptors (Lipinski definition) is 4. The zero-order valence-corrected chi connectivity index (χ0v) is 16.3. The highest BCUT2D eigenvalue weighted by Crippen LogP contribution is 2.30. The lowest BCUT2D eigenvalue weighted by Crippen LogP contribution is -1.97. The van der Waals surface area contributed by atoms with Crippen LogP contribution in [0.2, 0.25) is 0 Å². The van der Waals surface area contributed by atoms with E-state index in [0.29, 0.717) is 12.8 Å². The van der Waals surface area contributed by atoms with Crippen molar-refractivity contribution in [3.8, 4) is 23.0 Å². The Labute approximate surface area is 166 Å². The summed E-state index contributed by atoms with van der Waals surface area (Å²) < 4.78 is 10.5. The molecule has 0 spiro atoms. The maximum Gasteiger partial charge on any atom is 0.122 e. The van der Waals surface area contributed by atoms with Crippen LogP contribution in [0.25, 0.3) is 0 Å². The summed E-state index contributed by atoms with van der Waals surface area (Å²) in [5.41, 5.74) is 3.96. The number of phenols is 2. The molecular weight excluding hydrogens is 352 g/mol. The van der Waals surface area contributed by atoms with Crippen molar-refractivity contribution in [1.29, 1.82) is 0 Å². The van der Waals surface area contributed by atoms with Gasteiger partial charge in [-0.15, -0.1) is 0 Å². The predicted molar refractivity (Wildman–Crippen MR) is 111 cm³/mol. The fourth-order valence-corrected chi connectivity index (χ4v) is 3.29. The third-order valence-electron chi connectivity index (χ3n) is 4.91. The molecule has 0 unspecified atom stereocenters. The predicted octanol–water partition coefficient (Wildman–Crippen LogP) is 4.69. The van der Waals surface area contributed by atoms with E-state index >= 15 is 0 Å². The molecule has 0 aliphatic rings. The summed E-state index contributed by atoms with van der Waals surface area (Å²) in [5.74, 6) is 1.91. The van der Waals surface area contributed by atoms with E-state index < -0.39 is 0 Å². The molecule has 28 heavy (non-hydrogen) atoms. The van der Waals surface area contributed by atoms with Crippen molar-refractivity contribution in [2.24, 2.45) is 0 Å². The van der Waals surface area contributed by atoms with Gasteiger partial charge in [0, 0.05) is 6.07 Å². The smallest absolute Gasteiger partial charge is 0.122 e. The molecular formula is C24H26O4. The Kier molecular flexibility index (Phi) is 6.43. The van der Waals surface area contributed by atoms with E-state index in [0.717, 1.165) is 46.6 Å². The Balaban J connectivity index is 1.70. The van der Waals surface area contributed by atoms with Gasteiger partial charge in [-0.05, 0) is 78.3 Å². The standard InChI is InChI=1S/C24H26O4/c1-27-21-7-3-5-17(13-21)9-11-19-15-20(24(26)16-23(19)25)12-10-18-6-4-8-22(14-18)28-2/h3-8,13-16,25-26H,9-12H2,1-2H3. The maximum atomic E-state index is 10.2. The average Bonchev–Trinajstić information content (AvgIpc) is 2.72. The van der Waals surface area contributed by atoms with E-state index in [-0.39, 0.29) is 11.5 Å². The second-order valence-corrected chi connectivity index (χ2v) is 6.81. The summed E-state index contributed by atoms with van der Waals surface area (Å²) in [6, 6.07) is 19.2. The summed E-state index contributed by atoms with van der Waals surface area (Å²) in [7, 11) is 3.30. The van der Waals surface area contributed by atoms with Crippen molar-refractivity contribution in [3.63, 3.8) is 0 Å². The van der Waals surface area contributed by atoms with E-state index in [1.54, 1.807) is 14.2 Å². The molecule has 0 saturated heterocycles. The SMILES string of the molecule is COc1cccc(CCc2cc(CCc3cccc(OC)c3)c(O)cc2O)c1. The van der Waals surface area contributed by atoms with Crippen molar-refractivity contribution in [2.45, 2.75) is 25.7 Å². The van der Waals surface area contributed by atoms with Crippen molar-refractivity contribution in [3.05, 3.63) is 82.9 Å². The zero-order chi connectivity index (χ0) is 19.9. The first-order valence-electron chi connectivity index (χ1n) is 9.38. The van der Waals surface area contributed by atoms with Crippen LogP contribution < -0.4 is 9.47 Å². The summed E-state index contributed by atoms with van der Waals surface area (Å²) in [6.45, 7) is 0. The van der Waals surface area contributed by atoms with Crippen molar-refractivity contribution >= 4 is 0 Å². The molecule has 0 aromatic heterocycles. The third kappa shape index (κ3) is 4.97. The minimum atomic E-state index is 0.130. The molecule has 4 nitrogen and oxygen atoms in total. The summed E-state index contributed by atoms with van der Waals surface area (Å²) in [4.78, 5) is 0. The van der Waals surface area contributed by atoms with Gasteiger partial charge in [0.15, 0.2) is 0 Å². The van der Waals surface area contributed by atoms with E-state index in [9.17, 15) is 10.2 Å². The van der Waals surface area contributed by atoms with Crippen LogP contribution in [0.4, 0.5) is 0 Å². The maximum absolute atomic E-state index is 10.2. The molecule has 0 fully saturated rings. The van der Waals surface area contributed by atoms with Crippen LogP contribution in [0, 0.1) is 0 Å². The molecule has 0 saturated carbocycles. The van der Waals surface area contributed by atoms with Crippen LogP contribution >= 0.6 is 0 Å². The van der Waals surface area contributed by atoms with Crippen LogP contribution in [0.5, 0.6) is 23.0 Å². The first-order valence-corrected chi connectivity index (χ1v) is 9.38. The molecule has 0 aliphatic heterocycles.